The van der Waals surface area contributed by atoms with Gasteiger partial charge in [0.2, 0.25) is 0 Å². The fourth-order valence-corrected chi connectivity index (χ4v) is 3.20. The maximum Gasteiger partial charge on any atom is 0.258 e. The lowest BCUT2D eigenvalue weighted by molar-refractivity contribution is 0.0949. The monoisotopic (exact) mass is 389 g/mol. The second-order valence-corrected chi connectivity index (χ2v) is 6.76. The number of nitrogens with zero attached hydrogens (tertiary/aromatic N) is 2. The highest BCUT2D eigenvalue weighted by atomic mass is 16.5. The zero-order valence-electron chi connectivity index (χ0n) is 17.5. The molecule has 0 saturated carbocycles. The number of amides is 1. The summed E-state index contributed by atoms with van der Waals surface area (Å²) in [5.41, 5.74) is 0.249. The summed E-state index contributed by atoms with van der Waals surface area (Å²) in [5.74, 6) is 0.729. The third kappa shape index (κ3) is 4.84. The minimum absolute atomic E-state index is 0.191. The summed E-state index contributed by atoms with van der Waals surface area (Å²) in [6, 6.07) is 3.31. The molecule has 1 aromatic heterocycles. The average molecular weight is 389 g/mol. The molecule has 2 aromatic rings. The fourth-order valence-electron chi connectivity index (χ4n) is 3.20. The van der Waals surface area contributed by atoms with Gasteiger partial charge in [-0.3, -0.25) is 9.59 Å². The second kappa shape index (κ2) is 10.1. The summed E-state index contributed by atoms with van der Waals surface area (Å²) >= 11 is 0. The SMILES string of the molecule is CCCCN(CC)CCNC(=O)c1cn(C)c(=O)c2cc(OC)c(OC)cc12. The van der Waals surface area contributed by atoms with E-state index in [4.69, 9.17) is 9.47 Å². The van der Waals surface area contributed by atoms with E-state index in [1.54, 1.807) is 25.4 Å². The van der Waals surface area contributed by atoms with Gasteiger partial charge in [-0.15, -0.1) is 0 Å². The van der Waals surface area contributed by atoms with E-state index in [0.717, 1.165) is 32.5 Å². The zero-order valence-corrected chi connectivity index (χ0v) is 17.5. The molecular formula is C21H31N3O4. The number of benzene rings is 1. The molecule has 1 aromatic carbocycles. The molecule has 0 atom stereocenters. The molecule has 154 valence electrons. The van der Waals surface area contributed by atoms with Gasteiger partial charge in [0.25, 0.3) is 11.5 Å². The minimum Gasteiger partial charge on any atom is -0.493 e. The lowest BCUT2D eigenvalue weighted by Crippen LogP contribution is -2.36. The van der Waals surface area contributed by atoms with E-state index >= 15 is 0 Å². The number of carbonyl (C=O) groups excluding carboxylic acids is 1. The van der Waals surface area contributed by atoms with Crippen molar-refractivity contribution in [2.75, 3.05) is 40.4 Å². The molecule has 0 saturated heterocycles. The van der Waals surface area contributed by atoms with Crippen molar-refractivity contribution in [1.29, 1.82) is 0 Å². The van der Waals surface area contributed by atoms with Gasteiger partial charge in [0, 0.05) is 31.7 Å². The molecule has 0 aliphatic carbocycles. The van der Waals surface area contributed by atoms with Crippen molar-refractivity contribution < 1.29 is 14.3 Å². The molecule has 0 aliphatic rings. The van der Waals surface area contributed by atoms with Crippen LogP contribution in [0.2, 0.25) is 0 Å². The first kappa shape index (κ1) is 21.8. The van der Waals surface area contributed by atoms with Gasteiger partial charge >= 0.3 is 0 Å². The van der Waals surface area contributed by atoms with Crippen molar-refractivity contribution in [3.8, 4) is 11.5 Å². The maximum absolute atomic E-state index is 12.8. The Morgan fingerprint density at radius 2 is 1.75 bits per heavy atom. The van der Waals surface area contributed by atoms with Crippen LogP contribution in [0.3, 0.4) is 0 Å². The largest absolute Gasteiger partial charge is 0.493 e. The highest BCUT2D eigenvalue weighted by Gasteiger charge is 2.17. The van der Waals surface area contributed by atoms with E-state index in [1.807, 2.05) is 0 Å². The van der Waals surface area contributed by atoms with Crippen molar-refractivity contribution in [3.63, 3.8) is 0 Å². The van der Waals surface area contributed by atoms with Crippen molar-refractivity contribution in [1.82, 2.24) is 14.8 Å². The van der Waals surface area contributed by atoms with Crippen LogP contribution in [0.4, 0.5) is 0 Å². The van der Waals surface area contributed by atoms with E-state index in [-0.39, 0.29) is 11.5 Å². The number of unbranched alkanes of at least 4 members (excludes halogenated alkanes) is 1. The third-order valence-corrected chi connectivity index (χ3v) is 4.92. The van der Waals surface area contributed by atoms with Gasteiger partial charge in [-0.1, -0.05) is 20.3 Å². The first-order chi connectivity index (χ1) is 13.5. The molecule has 2 rings (SSSR count). The normalized spacial score (nSPS) is 11.1. The molecule has 1 N–H and O–H groups in total. The van der Waals surface area contributed by atoms with Crippen LogP contribution in [0.1, 0.15) is 37.0 Å². The van der Waals surface area contributed by atoms with Crippen molar-refractivity contribution in [3.05, 3.63) is 34.2 Å². The summed E-state index contributed by atoms with van der Waals surface area (Å²) < 4.78 is 12.1. The van der Waals surface area contributed by atoms with Gasteiger partial charge in [0.15, 0.2) is 11.5 Å². The summed E-state index contributed by atoms with van der Waals surface area (Å²) in [7, 11) is 4.68. The summed E-state index contributed by atoms with van der Waals surface area (Å²) in [6.45, 7) is 7.62. The number of fused-ring (bicyclic) bond motifs is 1. The molecule has 7 heteroatoms. The van der Waals surface area contributed by atoms with Crippen LogP contribution < -0.4 is 20.3 Å². The predicted molar refractivity (Wildman–Crippen MR) is 112 cm³/mol. The van der Waals surface area contributed by atoms with Crippen LogP contribution in [0.25, 0.3) is 10.8 Å². The van der Waals surface area contributed by atoms with Gasteiger partial charge in [-0.25, -0.2) is 0 Å². The number of aromatic nitrogens is 1. The Labute approximate surface area is 166 Å². The number of methoxy groups -OCH3 is 2. The van der Waals surface area contributed by atoms with E-state index in [0.29, 0.717) is 34.4 Å². The first-order valence-corrected chi connectivity index (χ1v) is 9.72. The molecule has 7 nitrogen and oxygen atoms in total. The molecule has 0 spiro atoms. The van der Waals surface area contributed by atoms with Gasteiger partial charge in [0.05, 0.1) is 25.2 Å². The molecule has 1 heterocycles. The molecule has 28 heavy (non-hydrogen) atoms. The molecule has 0 unspecified atom stereocenters. The van der Waals surface area contributed by atoms with E-state index in [9.17, 15) is 9.59 Å². The van der Waals surface area contributed by atoms with E-state index in [1.165, 1.54) is 18.8 Å². The van der Waals surface area contributed by atoms with Crippen molar-refractivity contribution >= 4 is 16.7 Å². The van der Waals surface area contributed by atoms with E-state index in [2.05, 4.69) is 24.1 Å². The van der Waals surface area contributed by atoms with Crippen LogP contribution in [0, 0.1) is 0 Å². The highest BCUT2D eigenvalue weighted by molar-refractivity contribution is 6.07. The smallest absolute Gasteiger partial charge is 0.258 e. The van der Waals surface area contributed by atoms with Crippen LogP contribution >= 0.6 is 0 Å². The van der Waals surface area contributed by atoms with Gasteiger partial charge in [-0.05, 0) is 31.6 Å². The Bertz CT molecular complexity index is 876. The zero-order chi connectivity index (χ0) is 20.7. The number of ether oxygens (including phenoxy) is 2. The number of rotatable bonds is 10. The number of hydrogen-bond donors (Lipinski definition) is 1. The number of likely N-dealkylation sites (N-methyl/N-ethyl adjacent to an activating group) is 1. The van der Waals surface area contributed by atoms with E-state index < -0.39 is 0 Å². The standard InChI is InChI=1S/C21H31N3O4/c1-6-8-10-24(7-2)11-9-22-20(25)17-14-23(3)21(26)16-13-19(28-5)18(27-4)12-15(16)17/h12-14H,6-11H2,1-5H3,(H,22,25). The molecule has 0 bridgehead atoms. The fraction of sp³-hybridized carbons (Fsp3) is 0.524. The van der Waals surface area contributed by atoms with Crippen LogP contribution in [-0.4, -0.2) is 55.8 Å². The molecule has 0 radical (unpaired) electrons. The van der Waals surface area contributed by atoms with Crippen molar-refractivity contribution in [2.24, 2.45) is 7.05 Å². The molecular weight excluding hydrogens is 358 g/mol. The number of hydrogen-bond acceptors (Lipinski definition) is 5. The number of pyridine rings is 1. The quantitative estimate of drug-likeness (QED) is 0.676. The third-order valence-electron chi connectivity index (χ3n) is 4.92. The molecule has 0 aliphatic heterocycles. The predicted octanol–water partition coefficient (Wildman–Crippen LogP) is 2.41. The number of aryl methyl sites for hydroxylation is 1. The first-order valence-electron chi connectivity index (χ1n) is 9.72. The summed E-state index contributed by atoms with van der Waals surface area (Å²) in [4.78, 5) is 27.7. The highest BCUT2D eigenvalue weighted by Crippen LogP contribution is 2.32. The Kier molecular flexibility index (Phi) is 7.87. The average Bonchev–Trinajstić information content (AvgIpc) is 2.71. The number of nitrogens with one attached hydrogen (secondary N) is 1. The molecule has 1 amide bonds. The number of carbonyl (C=O) groups is 1. The van der Waals surface area contributed by atoms with Crippen LogP contribution in [0.15, 0.2) is 23.1 Å². The van der Waals surface area contributed by atoms with Crippen LogP contribution in [0.5, 0.6) is 11.5 Å². The Morgan fingerprint density at radius 3 is 2.32 bits per heavy atom. The minimum atomic E-state index is -0.209. The van der Waals surface area contributed by atoms with Gasteiger partial charge < -0.3 is 24.3 Å². The lowest BCUT2D eigenvalue weighted by Gasteiger charge is -2.20. The maximum atomic E-state index is 12.8. The Hall–Kier alpha value is -2.54. The topological polar surface area (TPSA) is 72.8 Å². The summed E-state index contributed by atoms with van der Waals surface area (Å²) in [5, 5.41) is 3.95. The van der Waals surface area contributed by atoms with Crippen molar-refractivity contribution in [2.45, 2.75) is 26.7 Å². The summed E-state index contributed by atoms with van der Waals surface area (Å²) in [6.07, 6.45) is 3.87. The lowest BCUT2D eigenvalue weighted by atomic mass is 10.1. The van der Waals surface area contributed by atoms with Gasteiger partial charge in [-0.2, -0.15) is 0 Å². The Morgan fingerprint density at radius 1 is 1.11 bits per heavy atom. The Balaban J connectivity index is 2.29. The van der Waals surface area contributed by atoms with Crippen LogP contribution in [-0.2, 0) is 7.05 Å². The van der Waals surface area contributed by atoms with Gasteiger partial charge in [0.1, 0.15) is 0 Å². The molecule has 0 fully saturated rings. The second-order valence-electron chi connectivity index (χ2n) is 6.76.